The fraction of sp³-hybridized carbons (Fsp3) is 0.938. The Hall–Kier alpha value is -0.340. The van der Waals surface area contributed by atoms with Crippen molar-refractivity contribution in [2.75, 3.05) is 0 Å². The molecule has 11 atom stereocenters. The molecule has 2 heteroatoms. The van der Waals surface area contributed by atoms with Crippen molar-refractivity contribution in [3.63, 3.8) is 0 Å². The Morgan fingerprint density at radius 1 is 0.912 bits per heavy atom. The van der Waals surface area contributed by atoms with E-state index in [0.717, 1.165) is 24.2 Å². The highest BCUT2D eigenvalue weighted by Gasteiger charge is 2.81. The number of hydrogen-bond acceptors (Lipinski definition) is 2. The van der Waals surface area contributed by atoms with Gasteiger partial charge in [0.2, 0.25) is 0 Å². The average molecular weight is 469 g/mol. The van der Waals surface area contributed by atoms with Crippen LogP contribution in [0.4, 0.5) is 0 Å². The molecule has 2 bridgehead atoms. The molecule has 6 rings (SSSR count). The Morgan fingerprint density at radius 2 is 1.65 bits per heavy atom. The van der Waals surface area contributed by atoms with E-state index in [1.165, 1.54) is 63.4 Å². The second-order valence-electron chi connectivity index (χ2n) is 15.7. The van der Waals surface area contributed by atoms with Crippen LogP contribution in [0.15, 0.2) is 11.6 Å². The van der Waals surface area contributed by atoms with Crippen LogP contribution in [0.3, 0.4) is 0 Å². The molecule has 1 saturated heterocycles. The lowest BCUT2D eigenvalue weighted by Gasteiger charge is -2.70. The van der Waals surface area contributed by atoms with E-state index in [4.69, 9.17) is 4.74 Å². The number of allylic oxidation sites excluding steroid dienone is 1. The maximum Gasteiger partial charge on any atom is 0.0941 e. The van der Waals surface area contributed by atoms with Crippen LogP contribution in [-0.2, 0) is 4.74 Å². The first-order chi connectivity index (χ1) is 15.7. The quantitative estimate of drug-likeness (QED) is 0.417. The van der Waals surface area contributed by atoms with Gasteiger partial charge in [0, 0.05) is 5.92 Å². The van der Waals surface area contributed by atoms with Crippen molar-refractivity contribution in [3.05, 3.63) is 11.6 Å². The van der Waals surface area contributed by atoms with Gasteiger partial charge in [0.05, 0.1) is 17.3 Å². The summed E-state index contributed by atoms with van der Waals surface area (Å²) in [6, 6.07) is 0. The molecule has 0 aromatic heterocycles. The van der Waals surface area contributed by atoms with Crippen molar-refractivity contribution in [1.29, 1.82) is 0 Å². The number of aliphatic hydroxyl groups is 1. The first-order valence-electron chi connectivity index (χ1n) is 14.8. The van der Waals surface area contributed by atoms with Crippen molar-refractivity contribution in [3.8, 4) is 0 Å². The van der Waals surface area contributed by atoms with Gasteiger partial charge in [-0.3, -0.25) is 0 Å². The van der Waals surface area contributed by atoms with Gasteiger partial charge in [0.1, 0.15) is 0 Å². The van der Waals surface area contributed by atoms with Crippen LogP contribution in [-0.4, -0.2) is 22.4 Å². The van der Waals surface area contributed by atoms with Crippen molar-refractivity contribution >= 4 is 0 Å². The zero-order valence-corrected chi connectivity index (χ0v) is 23.5. The van der Waals surface area contributed by atoms with E-state index in [0.29, 0.717) is 33.5 Å². The Labute approximate surface area is 209 Å². The summed E-state index contributed by atoms with van der Waals surface area (Å²) in [7, 11) is 0. The first kappa shape index (κ1) is 24.0. The molecule has 5 saturated carbocycles. The summed E-state index contributed by atoms with van der Waals surface area (Å²) >= 11 is 0. The average Bonchev–Trinajstić information content (AvgIpc) is 3.33. The fourth-order valence-corrected chi connectivity index (χ4v) is 12.4. The summed E-state index contributed by atoms with van der Waals surface area (Å²) in [6.45, 7) is 19.6. The van der Waals surface area contributed by atoms with E-state index in [2.05, 4.69) is 61.5 Å². The van der Waals surface area contributed by atoms with Gasteiger partial charge >= 0.3 is 0 Å². The Morgan fingerprint density at radius 3 is 2.35 bits per heavy atom. The molecule has 2 nitrogen and oxygen atoms in total. The number of ether oxygens (including phenoxy) is 1. The molecule has 2 spiro atoms. The highest BCUT2D eigenvalue weighted by Crippen LogP contribution is 2.83. The topological polar surface area (TPSA) is 29.5 Å². The van der Waals surface area contributed by atoms with Crippen LogP contribution >= 0.6 is 0 Å². The molecular weight excluding hydrogens is 416 g/mol. The van der Waals surface area contributed by atoms with E-state index in [1.807, 2.05) is 0 Å². The first-order valence-corrected chi connectivity index (χ1v) is 14.8. The van der Waals surface area contributed by atoms with Crippen LogP contribution in [0, 0.1) is 51.2 Å². The molecule has 5 aliphatic carbocycles. The monoisotopic (exact) mass is 468 g/mol. The molecule has 1 heterocycles. The Kier molecular flexibility index (Phi) is 4.91. The lowest BCUT2D eigenvalue weighted by atomic mass is 9.34. The van der Waals surface area contributed by atoms with E-state index in [1.54, 1.807) is 0 Å². The van der Waals surface area contributed by atoms with Crippen LogP contribution in [0.5, 0.6) is 0 Å². The Balaban J connectivity index is 1.37. The molecule has 192 valence electrons. The SMILES string of the molecule is CC(C)=CCC1OC23CCC4(C2)C(CCC2C5(C)CCC(C)C(C)(C)C5CCC24C)C3C1(C)O. The smallest absolute Gasteiger partial charge is 0.0941 e. The molecule has 0 radical (unpaired) electrons. The number of rotatable bonds is 2. The second kappa shape index (κ2) is 6.94. The van der Waals surface area contributed by atoms with E-state index < -0.39 is 5.60 Å². The minimum Gasteiger partial charge on any atom is -0.387 e. The summed E-state index contributed by atoms with van der Waals surface area (Å²) in [4.78, 5) is 0. The van der Waals surface area contributed by atoms with Crippen LogP contribution in [0.25, 0.3) is 0 Å². The molecule has 0 aromatic rings. The van der Waals surface area contributed by atoms with E-state index >= 15 is 0 Å². The minimum atomic E-state index is -0.703. The summed E-state index contributed by atoms with van der Waals surface area (Å²) in [6.07, 6.45) is 15.2. The molecule has 11 unspecified atom stereocenters. The zero-order valence-electron chi connectivity index (χ0n) is 23.5. The lowest BCUT2D eigenvalue weighted by molar-refractivity contribution is -0.223. The summed E-state index contributed by atoms with van der Waals surface area (Å²) < 4.78 is 7.03. The van der Waals surface area contributed by atoms with Crippen molar-refractivity contribution < 1.29 is 9.84 Å². The van der Waals surface area contributed by atoms with E-state index in [-0.39, 0.29) is 11.7 Å². The minimum absolute atomic E-state index is 0.0390. The van der Waals surface area contributed by atoms with Crippen molar-refractivity contribution in [2.24, 2.45) is 51.2 Å². The van der Waals surface area contributed by atoms with Crippen molar-refractivity contribution in [2.45, 2.75) is 137 Å². The van der Waals surface area contributed by atoms with E-state index in [9.17, 15) is 5.11 Å². The maximum absolute atomic E-state index is 12.1. The third-order valence-electron chi connectivity index (χ3n) is 14.2. The van der Waals surface area contributed by atoms with Gasteiger partial charge in [0.25, 0.3) is 0 Å². The summed E-state index contributed by atoms with van der Waals surface area (Å²) in [5.74, 6) is 3.51. The van der Waals surface area contributed by atoms with Gasteiger partial charge in [-0.05, 0) is 130 Å². The van der Waals surface area contributed by atoms with Gasteiger partial charge in [-0.1, -0.05) is 46.3 Å². The third-order valence-corrected chi connectivity index (χ3v) is 14.2. The van der Waals surface area contributed by atoms with Gasteiger partial charge in [0.15, 0.2) is 0 Å². The molecular formula is C32H52O2. The predicted octanol–water partition coefficient (Wildman–Crippen LogP) is 7.94. The standard InChI is InChI=1S/C32H52O2/c1-20(2)9-12-25-30(8,33)26-22-10-11-24-28(6)15-13-21(3)27(4,5)23(28)14-16-29(24,7)31(22)17-18-32(26,19-31)34-25/h9,21-26,33H,10-19H2,1-8H3. The molecule has 6 fully saturated rings. The highest BCUT2D eigenvalue weighted by molar-refractivity contribution is 5.30. The molecule has 34 heavy (non-hydrogen) atoms. The lowest BCUT2D eigenvalue weighted by Crippen LogP contribution is -2.64. The molecule has 0 aromatic carbocycles. The van der Waals surface area contributed by atoms with Gasteiger partial charge in [-0.2, -0.15) is 0 Å². The molecule has 0 amide bonds. The highest BCUT2D eigenvalue weighted by atomic mass is 16.5. The van der Waals surface area contributed by atoms with Gasteiger partial charge in [-0.25, -0.2) is 0 Å². The molecule has 1 N–H and O–H groups in total. The maximum atomic E-state index is 12.1. The zero-order chi connectivity index (χ0) is 24.5. The summed E-state index contributed by atoms with van der Waals surface area (Å²) in [5, 5.41) is 12.1. The predicted molar refractivity (Wildman–Crippen MR) is 139 cm³/mol. The molecule has 1 aliphatic heterocycles. The van der Waals surface area contributed by atoms with Crippen LogP contribution in [0.2, 0.25) is 0 Å². The summed E-state index contributed by atoms with van der Waals surface area (Å²) in [5.41, 5.74) is 2.28. The van der Waals surface area contributed by atoms with Gasteiger partial charge in [-0.15, -0.1) is 0 Å². The van der Waals surface area contributed by atoms with Gasteiger partial charge < -0.3 is 9.84 Å². The number of hydrogen-bond donors (Lipinski definition) is 1. The molecule has 6 aliphatic rings. The van der Waals surface area contributed by atoms with Crippen LogP contribution in [0.1, 0.15) is 120 Å². The van der Waals surface area contributed by atoms with Crippen LogP contribution < -0.4 is 0 Å². The normalized spacial score (nSPS) is 59.1. The van der Waals surface area contributed by atoms with Crippen molar-refractivity contribution in [1.82, 2.24) is 0 Å². The largest absolute Gasteiger partial charge is 0.387 e. The fourth-order valence-electron chi connectivity index (χ4n) is 12.4. The second-order valence-corrected chi connectivity index (χ2v) is 15.7. The third kappa shape index (κ3) is 2.62. The Bertz CT molecular complexity index is 897. The number of fused-ring (bicyclic) bond motifs is 4.